The van der Waals surface area contributed by atoms with E-state index in [9.17, 15) is 0 Å². The van der Waals surface area contributed by atoms with Crippen molar-refractivity contribution in [1.29, 1.82) is 0 Å². The zero-order valence-electron chi connectivity index (χ0n) is 16.1. The zero-order chi connectivity index (χ0) is 19.8. The second-order valence-corrected chi connectivity index (χ2v) is 5.70. The minimum atomic E-state index is 0.349. The van der Waals surface area contributed by atoms with Gasteiger partial charge in [0.05, 0.1) is 13.2 Å². The van der Waals surface area contributed by atoms with Crippen molar-refractivity contribution < 1.29 is 9.47 Å². The van der Waals surface area contributed by atoms with Gasteiger partial charge in [0, 0.05) is 0 Å². The Morgan fingerprint density at radius 2 is 1.32 bits per heavy atom. The highest BCUT2D eigenvalue weighted by molar-refractivity contribution is 5.55. The number of hydrogen-bond acceptors (Lipinski definition) is 7. The van der Waals surface area contributed by atoms with Crippen LogP contribution in [0.2, 0.25) is 0 Å². The lowest BCUT2D eigenvalue weighted by atomic mass is 10.3. The summed E-state index contributed by atoms with van der Waals surface area (Å²) in [4.78, 5) is 7.38. The molecule has 144 valence electrons. The Morgan fingerprint density at radius 3 is 1.89 bits per heavy atom. The number of H-pyrrole nitrogens is 1. The number of hydrogen-bond donors (Lipinski definition) is 1. The SMILES string of the molecule is CCOc1ccccc1N=Nc1nc(C)[nH]c1N=Nc1ccccc1OCC. The minimum absolute atomic E-state index is 0.349. The van der Waals surface area contributed by atoms with Gasteiger partial charge < -0.3 is 14.5 Å². The van der Waals surface area contributed by atoms with Crippen LogP contribution in [0.1, 0.15) is 19.7 Å². The summed E-state index contributed by atoms with van der Waals surface area (Å²) in [5.74, 6) is 2.76. The predicted molar refractivity (Wildman–Crippen MR) is 107 cm³/mol. The van der Waals surface area contributed by atoms with Crippen LogP contribution in [0.4, 0.5) is 23.0 Å². The number of benzene rings is 2. The van der Waals surface area contributed by atoms with Crippen LogP contribution in [-0.2, 0) is 0 Å². The maximum Gasteiger partial charge on any atom is 0.221 e. The van der Waals surface area contributed by atoms with Gasteiger partial charge in [0.2, 0.25) is 11.6 Å². The Kier molecular flexibility index (Phi) is 6.46. The van der Waals surface area contributed by atoms with Crippen molar-refractivity contribution in [2.75, 3.05) is 13.2 Å². The predicted octanol–water partition coefficient (Wildman–Crippen LogP) is 6.35. The van der Waals surface area contributed by atoms with E-state index < -0.39 is 0 Å². The third-order valence-electron chi connectivity index (χ3n) is 3.63. The summed E-state index contributed by atoms with van der Waals surface area (Å²) >= 11 is 0. The maximum absolute atomic E-state index is 5.57. The number of rotatable bonds is 8. The molecule has 0 radical (unpaired) electrons. The Hall–Kier alpha value is -3.55. The summed E-state index contributed by atoms with van der Waals surface area (Å²) in [6.07, 6.45) is 0. The van der Waals surface area contributed by atoms with Gasteiger partial charge in [-0.3, -0.25) is 0 Å². The number of imidazole rings is 1. The molecule has 0 aliphatic heterocycles. The lowest BCUT2D eigenvalue weighted by molar-refractivity contribution is 0.341. The number of azo groups is 2. The molecule has 1 heterocycles. The van der Waals surface area contributed by atoms with Crippen molar-refractivity contribution >= 4 is 23.0 Å². The molecule has 0 amide bonds. The van der Waals surface area contributed by atoms with Gasteiger partial charge in [-0.25, -0.2) is 4.98 Å². The van der Waals surface area contributed by atoms with E-state index in [-0.39, 0.29) is 0 Å². The van der Waals surface area contributed by atoms with Gasteiger partial charge in [-0.15, -0.1) is 20.5 Å². The lowest BCUT2D eigenvalue weighted by Gasteiger charge is -2.04. The molecule has 0 saturated carbocycles. The van der Waals surface area contributed by atoms with Crippen molar-refractivity contribution in [3.8, 4) is 11.5 Å². The standard InChI is InChI=1S/C20H22N6O2/c1-4-27-17-12-8-6-10-15(17)23-25-19-20(22-14(3)21-19)26-24-16-11-7-9-13-18(16)28-5-2/h6-13H,4-5H2,1-3H3,(H,21,22). The van der Waals surface area contributed by atoms with E-state index in [2.05, 4.69) is 30.4 Å². The van der Waals surface area contributed by atoms with E-state index in [1.54, 1.807) is 0 Å². The smallest absolute Gasteiger partial charge is 0.221 e. The van der Waals surface area contributed by atoms with Crippen LogP contribution in [-0.4, -0.2) is 23.2 Å². The number of nitrogens with one attached hydrogen (secondary N) is 1. The fourth-order valence-corrected chi connectivity index (χ4v) is 2.45. The first-order valence-corrected chi connectivity index (χ1v) is 9.05. The number of aromatic amines is 1. The van der Waals surface area contributed by atoms with Crippen LogP contribution in [0.15, 0.2) is 69.0 Å². The molecule has 8 nitrogen and oxygen atoms in total. The Balaban J connectivity index is 1.86. The lowest BCUT2D eigenvalue weighted by Crippen LogP contribution is -1.90. The van der Waals surface area contributed by atoms with Crippen molar-refractivity contribution in [3.63, 3.8) is 0 Å². The molecule has 0 saturated heterocycles. The maximum atomic E-state index is 5.57. The molecule has 0 unspecified atom stereocenters. The molecule has 8 heteroatoms. The molecule has 28 heavy (non-hydrogen) atoms. The number of para-hydroxylation sites is 2. The van der Waals surface area contributed by atoms with E-state index in [1.165, 1.54) is 0 Å². The molecule has 0 fully saturated rings. The summed E-state index contributed by atoms with van der Waals surface area (Å²) in [5.41, 5.74) is 1.25. The molecule has 0 atom stereocenters. The molecule has 2 aromatic carbocycles. The second kappa shape index (κ2) is 9.40. The van der Waals surface area contributed by atoms with Gasteiger partial charge in [0.1, 0.15) is 28.7 Å². The van der Waals surface area contributed by atoms with E-state index >= 15 is 0 Å². The summed E-state index contributed by atoms with van der Waals surface area (Å²) < 4.78 is 11.1. The molecule has 0 aliphatic carbocycles. The molecule has 0 bridgehead atoms. The summed E-state index contributed by atoms with van der Waals surface area (Å²) in [6.45, 7) is 6.76. The third kappa shape index (κ3) is 4.79. The molecule has 0 aliphatic rings. The highest BCUT2D eigenvalue weighted by Crippen LogP contribution is 2.33. The first-order valence-electron chi connectivity index (χ1n) is 9.05. The van der Waals surface area contributed by atoms with Crippen LogP contribution >= 0.6 is 0 Å². The highest BCUT2D eigenvalue weighted by Gasteiger charge is 2.09. The van der Waals surface area contributed by atoms with Gasteiger partial charge in [-0.05, 0) is 45.0 Å². The topological polar surface area (TPSA) is 96.6 Å². The highest BCUT2D eigenvalue weighted by atomic mass is 16.5. The first-order chi connectivity index (χ1) is 13.7. The van der Waals surface area contributed by atoms with Crippen molar-refractivity contribution in [2.45, 2.75) is 20.8 Å². The minimum Gasteiger partial charge on any atom is -0.492 e. The fourth-order valence-electron chi connectivity index (χ4n) is 2.45. The monoisotopic (exact) mass is 378 g/mol. The van der Waals surface area contributed by atoms with Gasteiger partial charge in [0.15, 0.2) is 0 Å². The van der Waals surface area contributed by atoms with Crippen LogP contribution in [0.25, 0.3) is 0 Å². The molecule has 0 spiro atoms. The summed E-state index contributed by atoms with van der Waals surface area (Å²) in [5, 5.41) is 17.0. The van der Waals surface area contributed by atoms with Gasteiger partial charge in [-0.2, -0.15) is 0 Å². The van der Waals surface area contributed by atoms with Crippen molar-refractivity contribution in [3.05, 3.63) is 54.4 Å². The van der Waals surface area contributed by atoms with Crippen LogP contribution in [0.5, 0.6) is 11.5 Å². The molecular formula is C20H22N6O2. The molecular weight excluding hydrogens is 356 g/mol. The van der Waals surface area contributed by atoms with E-state index in [0.29, 0.717) is 53.5 Å². The van der Waals surface area contributed by atoms with Crippen molar-refractivity contribution in [1.82, 2.24) is 9.97 Å². The normalized spacial score (nSPS) is 11.4. The average Bonchev–Trinajstić information content (AvgIpc) is 3.06. The molecule has 3 aromatic rings. The summed E-state index contributed by atoms with van der Waals surface area (Å²) in [6, 6.07) is 14.9. The molecule has 1 N–H and O–H groups in total. The summed E-state index contributed by atoms with van der Waals surface area (Å²) in [7, 11) is 0. The largest absolute Gasteiger partial charge is 0.492 e. The number of nitrogens with zero attached hydrogens (tertiary/aromatic N) is 5. The van der Waals surface area contributed by atoms with E-state index in [4.69, 9.17) is 9.47 Å². The van der Waals surface area contributed by atoms with Crippen LogP contribution in [0.3, 0.4) is 0 Å². The van der Waals surface area contributed by atoms with Crippen molar-refractivity contribution in [2.24, 2.45) is 20.5 Å². The second-order valence-electron chi connectivity index (χ2n) is 5.70. The Morgan fingerprint density at radius 1 is 0.786 bits per heavy atom. The van der Waals surface area contributed by atoms with Gasteiger partial charge in [0.25, 0.3) is 0 Å². The third-order valence-corrected chi connectivity index (χ3v) is 3.63. The Labute approximate surface area is 163 Å². The zero-order valence-corrected chi connectivity index (χ0v) is 16.1. The first kappa shape index (κ1) is 19.2. The average molecular weight is 378 g/mol. The number of ether oxygens (including phenoxy) is 2. The fraction of sp³-hybridized carbons (Fsp3) is 0.250. The van der Waals surface area contributed by atoms with Crippen LogP contribution in [0, 0.1) is 6.92 Å². The van der Waals surface area contributed by atoms with Crippen LogP contribution < -0.4 is 9.47 Å². The van der Waals surface area contributed by atoms with Gasteiger partial charge in [-0.1, -0.05) is 24.3 Å². The number of aromatic nitrogens is 2. The van der Waals surface area contributed by atoms with Gasteiger partial charge >= 0.3 is 0 Å². The quantitative estimate of drug-likeness (QED) is 0.463. The Bertz CT molecular complexity index is 903. The molecule has 1 aromatic heterocycles. The number of aryl methyl sites for hydroxylation is 1. The van der Waals surface area contributed by atoms with E-state index in [0.717, 1.165) is 0 Å². The van der Waals surface area contributed by atoms with E-state index in [1.807, 2.05) is 69.3 Å². The molecule has 3 rings (SSSR count).